The van der Waals surface area contributed by atoms with E-state index in [-0.39, 0.29) is 24.2 Å². The monoisotopic (exact) mass is 555 g/mol. The van der Waals surface area contributed by atoms with Crippen molar-refractivity contribution in [3.63, 3.8) is 0 Å². The first-order valence-corrected chi connectivity index (χ1v) is 13.5. The number of piperazine rings is 1. The van der Waals surface area contributed by atoms with Gasteiger partial charge in [-0.15, -0.1) is 0 Å². The number of methoxy groups -OCH3 is 1. The van der Waals surface area contributed by atoms with Gasteiger partial charge in [-0.05, 0) is 37.1 Å². The van der Waals surface area contributed by atoms with Crippen LogP contribution >= 0.6 is 11.6 Å². The van der Waals surface area contributed by atoms with Crippen LogP contribution in [0.4, 0.5) is 4.39 Å². The molecule has 2 fully saturated rings. The Morgan fingerprint density at radius 3 is 2.49 bits per heavy atom. The van der Waals surface area contributed by atoms with Crippen LogP contribution in [0.5, 0.6) is 5.75 Å². The molecule has 2 heterocycles. The standard InChI is InChI=1S/C28H31ClFN5O4/c1-39-24-11-10-18(16-21(24)29)35-28(38)20-7-3-2-6-19(20)26(32-35)27(37)31-17-25(36)34-14-12-33(13-15-34)23-9-5-4-8-22(23)30/h2-3,6-7,10-11,16,22-23H,4-5,8-9,12-15,17H2,1H3,(H,31,37). The summed E-state index contributed by atoms with van der Waals surface area (Å²) >= 11 is 6.26. The van der Waals surface area contributed by atoms with Crippen molar-refractivity contribution in [2.24, 2.45) is 0 Å². The first kappa shape index (κ1) is 27.1. The number of hydrogen-bond acceptors (Lipinski definition) is 6. The Bertz CT molecular complexity index is 1440. The van der Waals surface area contributed by atoms with Gasteiger partial charge in [0.1, 0.15) is 11.9 Å². The maximum absolute atomic E-state index is 14.4. The van der Waals surface area contributed by atoms with E-state index in [4.69, 9.17) is 16.3 Å². The van der Waals surface area contributed by atoms with Gasteiger partial charge in [0, 0.05) is 37.6 Å². The van der Waals surface area contributed by atoms with Crippen molar-refractivity contribution >= 4 is 34.2 Å². The van der Waals surface area contributed by atoms with E-state index in [9.17, 15) is 18.8 Å². The Labute approximate surface area is 230 Å². The molecule has 39 heavy (non-hydrogen) atoms. The van der Waals surface area contributed by atoms with Crippen LogP contribution in [0, 0.1) is 0 Å². The fourth-order valence-corrected chi connectivity index (χ4v) is 5.70. The van der Waals surface area contributed by atoms with Gasteiger partial charge < -0.3 is 15.0 Å². The topological polar surface area (TPSA) is 96.8 Å². The Morgan fingerprint density at radius 2 is 1.79 bits per heavy atom. The Kier molecular flexibility index (Phi) is 8.13. The summed E-state index contributed by atoms with van der Waals surface area (Å²) in [6.45, 7) is 2.00. The molecular formula is C28H31ClFN5O4. The lowest BCUT2D eigenvalue weighted by Gasteiger charge is -2.42. The molecule has 1 saturated carbocycles. The number of nitrogens with zero attached hydrogens (tertiary/aromatic N) is 4. The molecule has 2 atom stereocenters. The zero-order valence-corrected chi connectivity index (χ0v) is 22.5. The van der Waals surface area contributed by atoms with E-state index < -0.39 is 17.6 Å². The Balaban J connectivity index is 1.30. The third-order valence-corrected chi connectivity index (χ3v) is 7.88. The van der Waals surface area contributed by atoms with Crippen LogP contribution in [-0.2, 0) is 4.79 Å². The van der Waals surface area contributed by atoms with Gasteiger partial charge in [0.15, 0.2) is 5.69 Å². The van der Waals surface area contributed by atoms with Crippen molar-refractivity contribution in [1.29, 1.82) is 0 Å². The van der Waals surface area contributed by atoms with Gasteiger partial charge >= 0.3 is 0 Å². The highest BCUT2D eigenvalue weighted by atomic mass is 35.5. The van der Waals surface area contributed by atoms with E-state index in [2.05, 4.69) is 15.3 Å². The van der Waals surface area contributed by atoms with Crippen molar-refractivity contribution in [3.05, 3.63) is 63.5 Å². The minimum absolute atomic E-state index is 0.0149. The quantitative estimate of drug-likeness (QED) is 0.502. The molecule has 0 radical (unpaired) electrons. The molecule has 2 unspecified atom stereocenters. The Morgan fingerprint density at radius 1 is 1.08 bits per heavy atom. The molecule has 11 heteroatoms. The molecule has 1 aliphatic carbocycles. The molecular weight excluding hydrogens is 525 g/mol. The molecule has 1 aliphatic heterocycles. The number of aromatic nitrogens is 2. The van der Waals surface area contributed by atoms with Gasteiger partial charge in [-0.3, -0.25) is 19.3 Å². The van der Waals surface area contributed by atoms with E-state index >= 15 is 0 Å². The lowest BCUT2D eigenvalue weighted by atomic mass is 9.92. The summed E-state index contributed by atoms with van der Waals surface area (Å²) in [4.78, 5) is 43.2. The molecule has 2 aromatic carbocycles. The molecule has 1 N–H and O–H groups in total. The zero-order valence-electron chi connectivity index (χ0n) is 21.7. The number of halogens is 2. The third kappa shape index (κ3) is 5.62. The average molecular weight is 556 g/mol. The minimum atomic E-state index is -0.806. The first-order chi connectivity index (χ1) is 18.9. The number of amides is 2. The second kappa shape index (κ2) is 11.7. The number of rotatable bonds is 6. The van der Waals surface area contributed by atoms with E-state index in [1.165, 1.54) is 13.2 Å². The molecule has 0 bridgehead atoms. The van der Waals surface area contributed by atoms with Crippen LogP contribution in [0.3, 0.4) is 0 Å². The molecule has 3 aromatic rings. The van der Waals surface area contributed by atoms with Crippen molar-refractivity contribution in [2.45, 2.75) is 37.9 Å². The summed E-state index contributed by atoms with van der Waals surface area (Å²) in [7, 11) is 1.49. The highest BCUT2D eigenvalue weighted by Crippen LogP contribution is 2.27. The number of alkyl halides is 1. The van der Waals surface area contributed by atoms with Crippen LogP contribution in [-0.4, -0.2) is 83.4 Å². The Hall–Kier alpha value is -3.50. The molecule has 5 rings (SSSR count). The predicted octanol–water partition coefficient (Wildman–Crippen LogP) is 3.20. The van der Waals surface area contributed by atoms with Gasteiger partial charge in [0.2, 0.25) is 5.91 Å². The van der Waals surface area contributed by atoms with Gasteiger partial charge in [-0.25, -0.2) is 4.39 Å². The molecule has 0 spiro atoms. The molecule has 1 saturated heterocycles. The average Bonchev–Trinajstić information content (AvgIpc) is 2.96. The number of hydrogen-bond donors (Lipinski definition) is 1. The van der Waals surface area contributed by atoms with E-state index in [0.29, 0.717) is 59.8 Å². The highest BCUT2D eigenvalue weighted by Gasteiger charge is 2.33. The van der Waals surface area contributed by atoms with Crippen molar-refractivity contribution in [3.8, 4) is 11.4 Å². The largest absolute Gasteiger partial charge is 0.495 e. The van der Waals surface area contributed by atoms with Gasteiger partial charge in [-0.2, -0.15) is 9.78 Å². The SMILES string of the molecule is COc1ccc(-n2nc(C(=O)NCC(=O)N3CCN(C4CCCCC4F)CC3)c3ccccc3c2=O)cc1Cl. The third-order valence-electron chi connectivity index (χ3n) is 7.58. The van der Waals surface area contributed by atoms with Crippen LogP contribution in [0.2, 0.25) is 5.02 Å². The lowest BCUT2D eigenvalue weighted by molar-refractivity contribution is -0.132. The van der Waals surface area contributed by atoms with Crippen LogP contribution in [0.1, 0.15) is 36.2 Å². The lowest BCUT2D eigenvalue weighted by Crippen LogP contribution is -2.56. The zero-order chi connectivity index (χ0) is 27.5. The van der Waals surface area contributed by atoms with E-state index in [1.807, 2.05) is 0 Å². The first-order valence-electron chi connectivity index (χ1n) is 13.2. The number of nitrogens with one attached hydrogen (secondary N) is 1. The molecule has 2 amide bonds. The van der Waals surface area contributed by atoms with Crippen LogP contribution < -0.4 is 15.6 Å². The second-order valence-corrected chi connectivity index (χ2v) is 10.3. The normalized spacial score (nSPS) is 20.1. The fourth-order valence-electron chi connectivity index (χ4n) is 5.45. The number of carbonyl (C=O) groups is 2. The maximum Gasteiger partial charge on any atom is 0.279 e. The molecule has 9 nitrogen and oxygen atoms in total. The van der Waals surface area contributed by atoms with Crippen molar-refractivity contribution in [2.75, 3.05) is 39.8 Å². The van der Waals surface area contributed by atoms with Gasteiger partial charge in [0.05, 0.1) is 29.8 Å². The van der Waals surface area contributed by atoms with E-state index in [1.54, 1.807) is 41.3 Å². The number of carbonyl (C=O) groups excluding carboxylic acids is 2. The molecule has 206 valence electrons. The second-order valence-electron chi connectivity index (χ2n) is 9.90. The predicted molar refractivity (Wildman–Crippen MR) is 147 cm³/mol. The van der Waals surface area contributed by atoms with Crippen LogP contribution in [0.15, 0.2) is 47.3 Å². The van der Waals surface area contributed by atoms with Gasteiger partial charge in [-0.1, -0.05) is 42.6 Å². The summed E-state index contributed by atoms with van der Waals surface area (Å²) in [6, 6.07) is 11.4. The number of ether oxygens (including phenoxy) is 1. The van der Waals surface area contributed by atoms with E-state index in [0.717, 1.165) is 23.9 Å². The smallest absolute Gasteiger partial charge is 0.279 e. The maximum atomic E-state index is 14.4. The van der Waals surface area contributed by atoms with Crippen molar-refractivity contribution < 1.29 is 18.7 Å². The van der Waals surface area contributed by atoms with Crippen LogP contribution in [0.25, 0.3) is 16.5 Å². The van der Waals surface area contributed by atoms with Crippen molar-refractivity contribution in [1.82, 2.24) is 24.9 Å². The molecule has 1 aromatic heterocycles. The number of benzene rings is 2. The highest BCUT2D eigenvalue weighted by molar-refractivity contribution is 6.32. The summed E-state index contributed by atoms with van der Waals surface area (Å²) in [5, 5.41) is 8.00. The fraction of sp³-hybridized carbons (Fsp3) is 0.429. The number of fused-ring (bicyclic) bond motifs is 1. The summed E-state index contributed by atoms with van der Waals surface area (Å²) in [6.07, 6.45) is 2.64. The summed E-state index contributed by atoms with van der Waals surface area (Å²) in [5.41, 5.74) is -0.0279. The summed E-state index contributed by atoms with van der Waals surface area (Å²) < 4.78 is 20.7. The van der Waals surface area contributed by atoms with Gasteiger partial charge in [0.25, 0.3) is 11.5 Å². The molecule has 2 aliphatic rings. The summed E-state index contributed by atoms with van der Waals surface area (Å²) in [5.74, 6) is -0.355. The minimum Gasteiger partial charge on any atom is -0.495 e.